The molecule has 3 fully saturated rings. The molecular weight excluding hydrogens is 268 g/mol. The number of likely N-dealkylation sites (tertiary alicyclic amines) is 1. The SMILES string of the molecule is CC1(C)[C@@H]2CC[C@@]1(C)CN(C(=O)NC1(CC(=O)O)CC1)C2. The van der Waals surface area contributed by atoms with E-state index in [2.05, 4.69) is 26.1 Å². The molecule has 2 amide bonds. The lowest BCUT2D eigenvalue weighted by Crippen LogP contribution is -2.57. The van der Waals surface area contributed by atoms with Crippen molar-refractivity contribution in [2.45, 2.75) is 58.4 Å². The van der Waals surface area contributed by atoms with E-state index in [0.29, 0.717) is 5.92 Å². The van der Waals surface area contributed by atoms with Crippen LogP contribution in [0.15, 0.2) is 0 Å². The number of carbonyl (C=O) groups is 2. The third-order valence-electron chi connectivity index (χ3n) is 6.60. The van der Waals surface area contributed by atoms with Gasteiger partial charge in [-0.1, -0.05) is 20.8 Å². The molecule has 1 saturated heterocycles. The van der Waals surface area contributed by atoms with Crippen LogP contribution in [-0.2, 0) is 4.79 Å². The van der Waals surface area contributed by atoms with Crippen molar-refractivity contribution in [3.63, 3.8) is 0 Å². The third-order valence-corrected chi connectivity index (χ3v) is 6.60. The first-order valence-corrected chi connectivity index (χ1v) is 7.96. The Morgan fingerprint density at radius 3 is 2.43 bits per heavy atom. The lowest BCUT2D eigenvalue weighted by Gasteiger charge is -2.50. The Bertz CT molecular complexity index is 484. The van der Waals surface area contributed by atoms with Crippen molar-refractivity contribution < 1.29 is 14.7 Å². The van der Waals surface area contributed by atoms with E-state index in [0.717, 1.165) is 25.9 Å². The summed E-state index contributed by atoms with van der Waals surface area (Å²) in [4.78, 5) is 25.3. The smallest absolute Gasteiger partial charge is 0.317 e. The highest BCUT2D eigenvalue weighted by molar-refractivity contribution is 5.78. The van der Waals surface area contributed by atoms with E-state index in [1.54, 1.807) is 0 Å². The summed E-state index contributed by atoms with van der Waals surface area (Å²) in [5.74, 6) is -0.281. The maximum absolute atomic E-state index is 12.5. The van der Waals surface area contributed by atoms with Crippen LogP contribution in [-0.4, -0.2) is 40.6 Å². The summed E-state index contributed by atoms with van der Waals surface area (Å²) in [7, 11) is 0. The molecule has 3 rings (SSSR count). The number of hydrogen-bond acceptors (Lipinski definition) is 2. The molecule has 0 aromatic carbocycles. The van der Waals surface area contributed by atoms with Gasteiger partial charge in [-0.25, -0.2) is 4.79 Å². The number of amides is 2. The van der Waals surface area contributed by atoms with Crippen LogP contribution in [0.3, 0.4) is 0 Å². The van der Waals surface area contributed by atoms with Crippen LogP contribution < -0.4 is 5.32 Å². The number of carboxylic acids is 1. The van der Waals surface area contributed by atoms with Crippen molar-refractivity contribution in [2.24, 2.45) is 16.7 Å². The van der Waals surface area contributed by atoms with E-state index in [1.165, 1.54) is 12.8 Å². The number of aliphatic carboxylic acids is 1. The van der Waals surface area contributed by atoms with Crippen LogP contribution in [0.1, 0.15) is 52.9 Å². The molecule has 2 N–H and O–H groups in total. The fraction of sp³-hybridized carbons (Fsp3) is 0.875. The summed E-state index contributed by atoms with van der Waals surface area (Å²) in [6.07, 6.45) is 3.97. The Kier molecular flexibility index (Phi) is 3.05. The van der Waals surface area contributed by atoms with Crippen molar-refractivity contribution in [1.82, 2.24) is 10.2 Å². The molecule has 0 aromatic rings. The minimum atomic E-state index is -0.834. The number of piperidine rings is 1. The lowest BCUT2D eigenvalue weighted by atomic mass is 9.63. The van der Waals surface area contributed by atoms with Gasteiger partial charge < -0.3 is 15.3 Å². The summed E-state index contributed by atoms with van der Waals surface area (Å²) in [5.41, 5.74) is -0.0191. The molecule has 0 spiro atoms. The molecule has 2 bridgehead atoms. The number of fused-ring (bicyclic) bond motifs is 2. The monoisotopic (exact) mass is 294 g/mol. The van der Waals surface area contributed by atoms with Crippen molar-refractivity contribution in [3.05, 3.63) is 0 Å². The van der Waals surface area contributed by atoms with Crippen molar-refractivity contribution in [2.75, 3.05) is 13.1 Å². The Balaban J connectivity index is 1.67. The normalized spacial score (nSPS) is 35.4. The molecule has 2 aliphatic carbocycles. The van der Waals surface area contributed by atoms with Gasteiger partial charge in [-0.3, -0.25) is 4.79 Å². The molecule has 0 radical (unpaired) electrons. The van der Waals surface area contributed by atoms with Crippen LogP contribution >= 0.6 is 0 Å². The van der Waals surface area contributed by atoms with Gasteiger partial charge in [0.2, 0.25) is 0 Å². The Morgan fingerprint density at radius 2 is 1.90 bits per heavy atom. The Morgan fingerprint density at radius 1 is 1.24 bits per heavy atom. The molecule has 1 heterocycles. The zero-order valence-corrected chi connectivity index (χ0v) is 13.2. The van der Waals surface area contributed by atoms with E-state index in [-0.39, 0.29) is 23.3 Å². The Hall–Kier alpha value is -1.26. The standard InChI is InChI=1S/C16H26N2O3/c1-14(2)11-4-5-15(14,3)10-18(9-11)13(21)17-16(6-7-16)8-12(19)20/h11H,4-10H2,1-3H3,(H,17,21)(H,19,20)/t11-,15+/m1/s1. The first kappa shape index (κ1) is 14.7. The Labute approximate surface area is 126 Å². The maximum atomic E-state index is 12.5. The number of carbonyl (C=O) groups excluding carboxylic acids is 1. The average Bonchev–Trinajstić information content (AvgIpc) is 3.08. The molecule has 0 aromatic heterocycles. The molecule has 21 heavy (non-hydrogen) atoms. The molecule has 1 aliphatic heterocycles. The van der Waals surface area contributed by atoms with Gasteiger partial charge in [0.1, 0.15) is 0 Å². The average molecular weight is 294 g/mol. The van der Waals surface area contributed by atoms with E-state index in [4.69, 9.17) is 5.11 Å². The van der Waals surface area contributed by atoms with Gasteiger partial charge >= 0.3 is 12.0 Å². The van der Waals surface area contributed by atoms with E-state index >= 15 is 0 Å². The van der Waals surface area contributed by atoms with Gasteiger partial charge in [0.05, 0.1) is 12.0 Å². The zero-order chi connectivity index (χ0) is 15.5. The molecule has 3 aliphatic rings. The summed E-state index contributed by atoms with van der Waals surface area (Å²) in [6.45, 7) is 8.53. The quantitative estimate of drug-likeness (QED) is 0.840. The molecule has 2 saturated carbocycles. The first-order chi connectivity index (χ1) is 9.67. The number of nitrogens with zero attached hydrogens (tertiary/aromatic N) is 1. The van der Waals surface area contributed by atoms with Crippen LogP contribution in [0.2, 0.25) is 0 Å². The zero-order valence-electron chi connectivity index (χ0n) is 13.2. The molecule has 5 heteroatoms. The van der Waals surface area contributed by atoms with Crippen molar-refractivity contribution in [3.8, 4) is 0 Å². The van der Waals surface area contributed by atoms with Gasteiger partial charge in [0, 0.05) is 13.1 Å². The molecule has 2 atom stereocenters. The van der Waals surface area contributed by atoms with Gasteiger partial charge in [-0.15, -0.1) is 0 Å². The summed E-state index contributed by atoms with van der Waals surface area (Å²) in [6, 6.07) is -0.0672. The topological polar surface area (TPSA) is 69.6 Å². The maximum Gasteiger partial charge on any atom is 0.317 e. The summed E-state index contributed by atoms with van der Waals surface area (Å²) in [5, 5.41) is 11.9. The molecule has 118 valence electrons. The van der Waals surface area contributed by atoms with Gasteiger partial charge in [0.15, 0.2) is 0 Å². The fourth-order valence-corrected chi connectivity index (χ4v) is 4.27. The summed E-state index contributed by atoms with van der Waals surface area (Å²) < 4.78 is 0. The van der Waals surface area contributed by atoms with Gasteiger partial charge in [-0.05, 0) is 42.4 Å². The minimum Gasteiger partial charge on any atom is -0.481 e. The highest BCUT2D eigenvalue weighted by Crippen LogP contribution is 2.59. The van der Waals surface area contributed by atoms with Gasteiger partial charge in [-0.2, -0.15) is 0 Å². The van der Waals surface area contributed by atoms with Crippen molar-refractivity contribution >= 4 is 12.0 Å². The fourth-order valence-electron chi connectivity index (χ4n) is 4.27. The second kappa shape index (κ2) is 4.37. The predicted octanol–water partition coefficient (Wildman–Crippen LogP) is 2.46. The number of rotatable bonds is 3. The highest BCUT2D eigenvalue weighted by atomic mass is 16.4. The second-order valence-corrected chi connectivity index (χ2v) is 8.18. The largest absolute Gasteiger partial charge is 0.481 e. The number of urea groups is 1. The van der Waals surface area contributed by atoms with E-state index in [1.807, 2.05) is 4.90 Å². The van der Waals surface area contributed by atoms with Crippen molar-refractivity contribution in [1.29, 1.82) is 0 Å². The van der Waals surface area contributed by atoms with E-state index in [9.17, 15) is 9.59 Å². The summed E-state index contributed by atoms with van der Waals surface area (Å²) >= 11 is 0. The molecular formula is C16H26N2O3. The number of nitrogens with one attached hydrogen (secondary N) is 1. The molecule has 0 unspecified atom stereocenters. The van der Waals surface area contributed by atoms with Gasteiger partial charge in [0.25, 0.3) is 0 Å². The first-order valence-electron chi connectivity index (χ1n) is 7.96. The van der Waals surface area contributed by atoms with Crippen LogP contribution in [0.4, 0.5) is 4.79 Å². The second-order valence-electron chi connectivity index (χ2n) is 8.18. The van der Waals surface area contributed by atoms with Crippen LogP contribution in [0.25, 0.3) is 0 Å². The number of hydrogen-bond donors (Lipinski definition) is 2. The molecule has 5 nitrogen and oxygen atoms in total. The predicted molar refractivity (Wildman–Crippen MR) is 78.9 cm³/mol. The van der Waals surface area contributed by atoms with Crippen LogP contribution in [0, 0.1) is 16.7 Å². The van der Waals surface area contributed by atoms with E-state index < -0.39 is 11.5 Å². The minimum absolute atomic E-state index is 0.0404. The van der Waals surface area contributed by atoms with Crippen LogP contribution in [0.5, 0.6) is 0 Å². The highest BCUT2D eigenvalue weighted by Gasteiger charge is 2.57. The third kappa shape index (κ3) is 2.30. The lowest BCUT2D eigenvalue weighted by molar-refractivity contribution is -0.137. The number of carboxylic acid groups (broad SMARTS) is 1.